The highest BCUT2D eigenvalue weighted by Gasteiger charge is 2.04. The highest BCUT2D eigenvalue weighted by atomic mass is 16.5. The second-order valence-electron chi connectivity index (χ2n) is 3.74. The van der Waals surface area contributed by atoms with Crippen molar-refractivity contribution in [3.8, 4) is 0 Å². The van der Waals surface area contributed by atoms with E-state index in [-0.39, 0.29) is 0 Å². The Morgan fingerprint density at radius 3 is 2.58 bits per heavy atom. The minimum atomic E-state index is -0.544. The molecule has 0 atom stereocenters. The molecule has 5 N–H and O–H groups in total. The maximum atomic E-state index is 10.5. The van der Waals surface area contributed by atoms with Gasteiger partial charge in [-0.3, -0.25) is 0 Å². The largest absolute Gasteiger partial charge is 0.377 e. The third-order valence-electron chi connectivity index (χ3n) is 2.13. The molecule has 0 aliphatic rings. The van der Waals surface area contributed by atoms with Crippen LogP contribution in [0.15, 0.2) is 6.07 Å². The van der Waals surface area contributed by atoms with Gasteiger partial charge in [0.25, 0.3) is 0 Å². The number of methoxy groups -OCH3 is 1. The summed E-state index contributed by atoms with van der Waals surface area (Å²) in [6, 6.07) is 1.25. The van der Waals surface area contributed by atoms with Gasteiger partial charge in [-0.1, -0.05) is 0 Å². The summed E-state index contributed by atoms with van der Waals surface area (Å²) in [7, 11) is 1.59. The zero-order chi connectivity index (χ0) is 14.1. The van der Waals surface area contributed by atoms with Gasteiger partial charge in [-0.15, -0.1) is 0 Å². The van der Waals surface area contributed by atoms with Gasteiger partial charge < -0.3 is 26.4 Å². The van der Waals surface area contributed by atoms with E-state index in [9.17, 15) is 4.79 Å². The van der Waals surface area contributed by atoms with Crippen molar-refractivity contribution in [1.82, 2.24) is 15.3 Å². The lowest BCUT2D eigenvalue weighted by molar-refractivity contribution is 0.178. The lowest BCUT2D eigenvalue weighted by atomic mass is 10.4. The molecule has 1 aromatic heterocycles. The number of anilines is 2. The van der Waals surface area contributed by atoms with Gasteiger partial charge in [-0.25, -0.2) is 14.8 Å². The van der Waals surface area contributed by atoms with Crippen molar-refractivity contribution in [3.63, 3.8) is 0 Å². The maximum absolute atomic E-state index is 10.5. The summed E-state index contributed by atoms with van der Waals surface area (Å²) in [6.07, 6.45) is 0. The first kappa shape index (κ1) is 15.0. The van der Waals surface area contributed by atoms with Crippen LogP contribution in [-0.2, 0) is 11.3 Å². The average Bonchev–Trinajstić information content (AvgIpc) is 2.35. The van der Waals surface area contributed by atoms with Crippen molar-refractivity contribution in [3.05, 3.63) is 11.9 Å². The summed E-state index contributed by atoms with van der Waals surface area (Å²) < 4.78 is 5.02. The van der Waals surface area contributed by atoms with E-state index >= 15 is 0 Å². The number of carbonyl (C=O) groups is 1. The van der Waals surface area contributed by atoms with Crippen LogP contribution in [0.2, 0.25) is 0 Å². The minimum absolute atomic E-state index is 0.341. The first-order valence-electron chi connectivity index (χ1n) is 6.03. The highest BCUT2D eigenvalue weighted by Crippen LogP contribution is 2.11. The van der Waals surface area contributed by atoms with Crippen LogP contribution in [0, 0.1) is 0 Å². The number of nitrogens with two attached hydrogens (primary N) is 1. The molecule has 0 fully saturated rings. The van der Waals surface area contributed by atoms with Crippen molar-refractivity contribution in [1.29, 1.82) is 0 Å². The molecule has 0 aromatic carbocycles. The number of hydrogen-bond donors (Lipinski definition) is 4. The van der Waals surface area contributed by atoms with E-state index in [1.807, 2.05) is 6.92 Å². The Kier molecular flexibility index (Phi) is 6.37. The van der Waals surface area contributed by atoms with Gasteiger partial charge in [-0.05, 0) is 6.92 Å². The third-order valence-corrected chi connectivity index (χ3v) is 2.13. The van der Waals surface area contributed by atoms with Crippen LogP contribution in [0.5, 0.6) is 0 Å². The number of carbonyl (C=O) groups excluding carboxylic acids is 1. The summed E-state index contributed by atoms with van der Waals surface area (Å²) in [5.74, 6) is 1.99. The average molecular weight is 268 g/mol. The monoisotopic (exact) mass is 268 g/mol. The van der Waals surface area contributed by atoms with Crippen LogP contribution in [0.25, 0.3) is 0 Å². The van der Waals surface area contributed by atoms with E-state index in [0.717, 1.165) is 12.4 Å². The Morgan fingerprint density at radius 2 is 2.00 bits per heavy atom. The molecule has 0 unspecified atom stereocenters. The van der Waals surface area contributed by atoms with Gasteiger partial charge in [0.15, 0.2) is 5.82 Å². The zero-order valence-corrected chi connectivity index (χ0v) is 11.2. The molecule has 0 radical (unpaired) electrons. The van der Waals surface area contributed by atoms with Crippen LogP contribution in [0.3, 0.4) is 0 Å². The normalized spacial score (nSPS) is 10.0. The molecule has 0 aliphatic carbocycles. The van der Waals surface area contributed by atoms with Crippen molar-refractivity contribution >= 4 is 17.7 Å². The number of aromatic nitrogens is 2. The molecule has 1 rings (SSSR count). The lowest BCUT2D eigenvalue weighted by Crippen LogP contribution is -2.33. The molecule has 0 aliphatic heterocycles. The van der Waals surface area contributed by atoms with Gasteiger partial charge in [0.05, 0.1) is 0 Å². The molecule has 106 valence electrons. The maximum Gasteiger partial charge on any atom is 0.312 e. The molecule has 0 spiro atoms. The van der Waals surface area contributed by atoms with E-state index in [4.69, 9.17) is 10.5 Å². The molecule has 0 saturated carbocycles. The van der Waals surface area contributed by atoms with Crippen LogP contribution >= 0.6 is 0 Å². The summed E-state index contributed by atoms with van der Waals surface area (Å²) in [5, 5.41) is 8.69. The predicted molar refractivity (Wildman–Crippen MR) is 73.0 cm³/mol. The van der Waals surface area contributed by atoms with Crippen LogP contribution < -0.4 is 21.7 Å². The smallest absolute Gasteiger partial charge is 0.312 e. The topological polar surface area (TPSA) is 114 Å². The second kappa shape index (κ2) is 8.09. The summed E-state index contributed by atoms with van der Waals surface area (Å²) in [4.78, 5) is 19.1. The number of urea groups is 1. The molecule has 0 bridgehead atoms. The fourth-order valence-electron chi connectivity index (χ4n) is 1.43. The number of ether oxygens (including phenoxy) is 1. The molecular weight excluding hydrogens is 248 g/mol. The molecule has 19 heavy (non-hydrogen) atoms. The van der Waals surface area contributed by atoms with Gasteiger partial charge in [0.2, 0.25) is 0 Å². The van der Waals surface area contributed by atoms with Crippen LogP contribution in [0.1, 0.15) is 12.7 Å². The first-order chi connectivity index (χ1) is 9.15. The van der Waals surface area contributed by atoms with Crippen molar-refractivity contribution in [2.45, 2.75) is 13.5 Å². The minimum Gasteiger partial charge on any atom is -0.377 e. The molecule has 0 saturated heterocycles. The van der Waals surface area contributed by atoms with Gasteiger partial charge in [-0.2, -0.15) is 0 Å². The first-order valence-corrected chi connectivity index (χ1v) is 6.03. The molecule has 1 heterocycles. The van der Waals surface area contributed by atoms with Crippen molar-refractivity contribution < 1.29 is 9.53 Å². The third kappa shape index (κ3) is 5.87. The molecular formula is C11H20N6O2. The molecule has 1 aromatic rings. The lowest BCUT2D eigenvalue weighted by Gasteiger charge is -2.10. The van der Waals surface area contributed by atoms with Gasteiger partial charge in [0.1, 0.15) is 18.2 Å². The quantitative estimate of drug-likeness (QED) is 0.498. The van der Waals surface area contributed by atoms with Crippen LogP contribution in [-0.4, -0.2) is 42.7 Å². The number of rotatable bonds is 8. The van der Waals surface area contributed by atoms with Crippen LogP contribution in [0.4, 0.5) is 16.4 Å². The number of nitrogens with zero attached hydrogens (tertiary/aromatic N) is 2. The van der Waals surface area contributed by atoms with E-state index < -0.39 is 6.03 Å². The predicted octanol–water partition coefficient (Wildman–Crippen LogP) is 0.135. The fourth-order valence-corrected chi connectivity index (χ4v) is 1.43. The Bertz CT molecular complexity index is 388. The van der Waals surface area contributed by atoms with Gasteiger partial charge in [0, 0.05) is 32.8 Å². The summed E-state index contributed by atoms with van der Waals surface area (Å²) in [5.41, 5.74) is 4.97. The highest BCUT2D eigenvalue weighted by molar-refractivity contribution is 5.71. The van der Waals surface area contributed by atoms with E-state index in [1.54, 1.807) is 13.2 Å². The number of amides is 2. The van der Waals surface area contributed by atoms with E-state index in [2.05, 4.69) is 25.9 Å². The molecule has 8 nitrogen and oxygen atoms in total. The molecule has 8 heteroatoms. The Hall–Kier alpha value is -2.09. The Labute approximate surface area is 112 Å². The van der Waals surface area contributed by atoms with Gasteiger partial charge >= 0.3 is 6.03 Å². The standard InChI is InChI=1S/C11H20N6O2/c1-3-13-8-6-9(14-4-5-15-11(12)18)17-10(16-8)7-19-2/h6H,3-5,7H2,1-2H3,(H3,12,15,18)(H2,13,14,16,17). The zero-order valence-electron chi connectivity index (χ0n) is 11.2. The summed E-state index contributed by atoms with van der Waals surface area (Å²) >= 11 is 0. The number of primary amides is 1. The number of hydrogen-bond acceptors (Lipinski definition) is 6. The van der Waals surface area contributed by atoms with Crippen molar-refractivity contribution in [2.75, 3.05) is 37.4 Å². The SMILES string of the molecule is CCNc1cc(NCCNC(N)=O)nc(COC)n1. The fraction of sp³-hybridized carbons (Fsp3) is 0.545. The Balaban J connectivity index is 2.61. The van der Waals surface area contributed by atoms with E-state index in [0.29, 0.717) is 31.3 Å². The second-order valence-corrected chi connectivity index (χ2v) is 3.74. The number of nitrogens with one attached hydrogen (secondary N) is 3. The van der Waals surface area contributed by atoms with E-state index in [1.165, 1.54) is 0 Å². The molecule has 2 amide bonds. The van der Waals surface area contributed by atoms with Crippen molar-refractivity contribution in [2.24, 2.45) is 5.73 Å². The Morgan fingerprint density at radius 1 is 1.32 bits per heavy atom. The summed E-state index contributed by atoms with van der Waals surface area (Å²) in [6.45, 7) is 4.05.